The third-order valence-electron chi connectivity index (χ3n) is 9.89. The largest absolute Gasteiger partial charge is 0.487 e. The molecule has 6 rings (SSSR count). The average molecular weight is 945 g/mol. The number of carbonyl (C=O) groups is 4. The van der Waals surface area contributed by atoms with Gasteiger partial charge in [-0.15, -0.1) is 0 Å². The van der Waals surface area contributed by atoms with Crippen molar-refractivity contribution in [3.05, 3.63) is 134 Å². The van der Waals surface area contributed by atoms with Crippen LogP contribution in [0.3, 0.4) is 0 Å². The van der Waals surface area contributed by atoms with Crippen LogP contribution in [0.2, 0.25) is 0 Å². The Balaban J connectivity index is 1.00. The number of anilines is 1. The monoisotopic (exact) mass is 943 g/mol. The minimum Gasteiger partial charge on any atom is -0.487 e. The Hall–Kier alpha value is -6.87. The van der Waals surface area contributed by atoms with Gasteiger partial charge in [-0.05, 0) is 129 Å². The summed E-state index contributed by atoms with van der Waals surface area (Å²) < 4.78 is 29.4. The van der Waals surface area contributed by atoms with Crippen molar-refractivity contribution >= 4 is 63.9 Å². The van der Waals surface area contributed by atoms with E-state index in [0.717, 1.165) is 12.0 Å². The van der Waals surface area contributed by atoms with Crippen molar-refractivity contribution in [1.82, 2.24) is 29.6 Å². The van der Waals surface area contributed by atoms with Crippen LogP contribution in [-0.2, 0) is 45.7 Å². The van der Waals surface area contributed by atoms with Gasteiger partial charge in [-0.2, -0.15) is 5.10 Å². The molecule has 0 radical (unpaired) electrons. The summed E-state index contributed by atoms with van der Waals surface area (Å²) in [6.45, 7) is 7.33. The molecule has 2 aliphatic rings. The summed E-state index contributed by atoms with van der Waals surface area (Å²) in [5.74, 6) is 0.0498. The van der Waals surface area contributed by atoms with Gasteiger partial charge in [-0.25, -0.2) is 19.5 Å². The SMILES string of the molecule is C=C=C=C=C=C=C=C=C=C=C=C(C)OCCOP(=O)(O)OCC(=O)CCc1ncc(-c2ccc3c(c2)c(C(C)=O)nn3CC(=O)N2C[C@H]3C[C@H]3[C@H]2C(=O)Nc2nc(Br)ccc2C)cn1. The van der Waals surface area contributed by atoms with Gasteiger partial charge >= 0.3 is 7.82 Å². The molecular weight excluding hydrogens is 905 g/mol. The molecule has 64 heavy (non-hydrogen) atoms. The van der Waals surface area contributed by atoms with Crippen LogP contribution in [0.4, 0.5) is 5.82 Å². The maximum atomic E-state index is 13.8. The maximum Gasteiger partial charge on any atom is 0.472 e. The molecule has 3 aromatic heterocycles. The maximum absolute atomic E-state index is 13.8. The summed E-state index contributed by atoms with van der Waals surface area (Å²) in [6.07, 6.45) is 4.09. The number of nitrogens with one attached hydrogen (secondary N) is 1. The van der Waals surface area contributed by atoms with Crippen LogP contribution in [0, 0.1) is 18.8 Å². The third-order valence-corrected chi connectivity index (χ3v) is 11.3. The second-order valence-corrected chi connectivity index (χ2v) is 16.7. The van der Waals surface area contributed by atoms with E-state index in [2.05, 4.69) is 105 Å². The van der Waals surface area contributed by atoms with E-state index >= 15 is 0 Å². The van der Waals surface area contributed by atoms with Crippen LogP contribution < -0.4 is 5.32 Å². The number of likely N-dealkylation sites (tertiary alicyclic amines) is 1. The van der Waals surface area contributed by atoms with Gasteiger partial charge in [0.2, 0.25) is 11.8 Å². The van der Waals surface area contributed by atoms with Crippen LogP contribution >= 0.6 is 23.8 Å². The number of rotatable bonds is 17. The molecular formula is C46H39BrN7O9P. The first-order valence-electron chi connectivity index (χ1n) is 19.7. The number of aryl methyl sites for hydroxylation is 2. The third kappa shape index (κ3) is 12.6. The normalized spacial score (nSPS) is 16.3. The van der Waals surface area contributed by atoms with Crippen molar-refractivity contribution < 1.29 is 42.4 Å². The molecule has 324 valence electrons. The molecule has 1 unspecified atom stereocenters. The quantitative estimate of drug-likeness (QED) is 0.0295. The highest BCUT2D eigenvalue weighted by Gasteiger charge is 2.57. The lowest BCUT2D eigenvalue weighted by Crippen LogP contribution is -2.47. The van der Waals surface area contributed by atoms with Gasteiger partial charge in [-0.3, -0.25) is 32.9 Å². The molecule has 2 N–H and O–H groups in total. The number of hydrogen-bond donors (Lipinski definition) is 2. The molecule has 4 aromatic rings. The first kappa shape index (κ1) is 46.6. The average Bonchev–Trinajstić information content (AvgIpc) is 3.78. The fourth-order valence-corrected chi connectivity index (χ4v) is 7.72. The van der Waals surface area contributed by atoms with Crippen molar-refractivity contribution in [2.24, 2.45) is 11.8 Å². The number of nitrogens with zero attached hydrogens (tertiary/aromatic N) is 6. The van der Waals surface area contributed by atoms with Gasteiger partial charge in [0.15, 0.2) is 11.6 Å². The Bertz CT molecular complexity index is 2990. The standard InChI is InChI=1S/C46H39BrN7O9P/c1-5-6-7-8-9-10-11-12-13-14-31(3)61-21-22-62-64(59,60)63-29-36(56)17-20-41-48-25-35(26-49-41)33-16-18-39-38(23-33)43(32(4)55)52-54(39)28-42(57)53-27-34-24-37(34)44(53)46(58)51-45-30(2)15-19-40(47)50-45/h15-16,18-19,23,25-26,34,37,44H,1,17,20-22,24,27-29H2,2-4H3,(H,59,60)(H,50,51,58)/t34-,37-,44+/m1/s1. The topological polar surface area (TPSA) is 205 Å². The fraction of sp³-hybridized carbons (Fsp3) is 0.304. The lowest BCUT2D eigenvalue weighted by molar-refractivity contribution is -0.138. The van der Waals surface area contributed by atoms with Gasteiger partial charge in [0, 0.05) is 56.6 Å². The van der Waals surface area contributed by atoms with E-state index in [1.807, 2.05) is 13.0 Å². The number of phosphoric acid groups is 1. The second-order valence-electron chi connectivity index (χ2n) is 14.4. The van der Waals surface area contributed by atoms with Crippen LogP contribution in [-0.4, -0.2) is 90.3 Å². The number of Topliss-reactive ketones (excluding diaryl/α,β-unsaturated/α-hetero) is 2. The van der Waals surface area contributed by atoms with Crippen LogP contribution in [0.25, 0.3) is 22.0 Å². The smallest absolute Gasteiger partial charge is 0.472 e. The van der Waals surface area contributed by atoms with E-state index in [9.17, 15) is 28.6 Å². The molecule has 4 atom stereocenters. The fourth-order valence-electron chi connectivity index (χ4n) is 6.72. The number of carbonyl (C=O) groups excluding carboxylic acids is 4. The number of benzene rings is 1. The molecule has 0 bridgehead atoms. The Morgan fingerprint density at radius 2 is 1.69 bits per heavy atom. The number of halogens is 1. The molecule has 2 fully saturated rings. The zero-order valence-corrected chi connectivity index (χ0v) is 37.3. The van der Waals surface area contributed by atoms with Gasteiger partial charge < -0.3 is 19.8 Å². The number of pyridine rings is 1. The van der Waals surface area contributed by atoms with Gasteiger partial charge in [-0.1, -0.05) is 17.9 Å². The number of ether oxygens (including phenoxy) is 1. The zero-order chi connectivity index (χ0) is 45.8. The summed E-state index contributed by atoms with van der Waals surface area (Å²) in [5.41, 5.74) is 27.7. The first-order chi connectivity index (χ1) is 30.7. The van der Waals surface area contributed by atoms with Crippen molar-refractivity contribution in [3.8, 4) is 11.1 Å². The molecule has 1 saturated carbocycles. The Kier molecular flexibility index (Phi) is 15.6. The van der Waals surface area contributed by atoms with E-state index in [1.54, 1.807) is 48.5 Å². The number of allylic oxidation sites excluding steroid dienone is 1. The molecule has 0 spiro atoms. The molecule has 2 amide bonds. The zero-order valence-electron chi connectivity index (χ0n) is 34.9. The van der Waals surface area contributed by atoms with E-state index in [4.69, 9.17) is 13.8 Å². The van der Waals surface area contributed by atoms with Crippen molar-refractivity contribution in [2.75, 3.05) is 31.7 Å². The number of aromatic nitrogens is 5. The lowest BCUT2D eigenvalue weighted by atomic mass is 10.0. The first-order valence-corrected chi connectivity index (χ1v) is 22.0. The Morgan fingerprint density at radius 3 is 2.41 bits per heavy atom. The molecule has 1 saturated heterocycles. The summed E-state index contributed by atoms with van der Waals surface area (Å²) in [7, 11) is -4.55. The number of fused-ring (bicyclic) bond motifs is 2. The number of ketones is 2. The summed E-state index contributed by atoms with van der Waals surface area (Å²) in [5, 5.41) is 7.96. The number of piperidine rings is 1. The highest BCUT2D eigenvalue weighted by Crippen LogP contribution is 2.50. The van der Waals surface area contributed by atoms with Gasteiger partial charge in [0.05, 0.1) is 12.1 Å². The summed E-state index contributed by atoms with van der Waals surface area (Å²) in [6, 6.07) is 8.33. The molecule has 4 heterocycles. The van der Waals surface area contributed by atoms with E-state index in [0.29, 0.717) is 44.8 Å². The molecule has 1 aliphatic heterocycles. The minimum atomic E-state index is -4.55. The lowest BCUT2D eigenvalue weighted by Gasteiger charge is -2.27. The van der Waals surface area contributed by atoms with Gasteiger partial charge in [0.25, 0.3) is 0 Å². The molecule has 1 aromatic carbocycles. The highest BCUT2D eigenvalue weighted by atomic mass is 79.9. The van der Waals surface area contributed by atoms with Crippen LogP contribution in [0.15, 0.2) is 117 Å². The van der Waals surface area contributed by atoms with Crippen molar-refractivity contribution in [3.63, 3.8) is 0 Å². The Morgan fingerprint density at radius 1 is 0.969 bits per heavy atom. The number of hydrogen-bond acceptors (Lipinski definition) is 12. The number of phosphoric ester groups is 1. The van der Waals surface area contributed by atoms with E-state index < -0.39 is 26.3 Å². The second kappa shape index (κ2) is 21.5. The molecule has 18 heteroatoms. The van der Waals surface area contributed by atoms with Crippen molar-refractivity contribution in [1.29, 1.82) is 0 Å². The van der Waals surface area contributed by atoms with Crippen LogP contribution in [0.1, 0.15) is 48.6 Å². The van der Waals surface area contributed by atoms with Crippen LogP contribution in [0.5, 0.6) is 0 Å². The molecule has 16 nitrogen and oxygen atoms in total. The number of amides is 2. The van der Waals surface area contributed by atoms with Crippen molar-refractivity contribution in [2.45, 2.75) is 52.6 Å². The predicted molar refractivity (Wildman–Crippen MR) is 234 cm³/mol. The summed E-state index contributed by atoms with van der Waals surface area (Å²) >= 11 is 3.34. The predicted octanol–water partition coefficient (Wildman–Crippen LogP) is 6.38. The Labute approximate surface area is 375 Å². The van der Waals surface area contributed by atoms with Gasteiger partial charge in [0.1, 0.15) is 53.5 Å². The minimum absolute atomic E-state index is 0.0691. The summed E-state index contributed by atoms with van der Waals surface area (Å²) in [4.78, 5) is 77.3. The highest BCUT2D eigenvalue weighted by molar-refractivity contribution is 9.10. The molecule has 1 aliphatic carbocycles. The van der Waals surface area contributed by atoms with E-state index in [-0.39, 0.29) is 73.5 Å². The van der Waals surface area contributed by atoms with E-state index in [1.165, 1.54) is 11.6 Å².